The zero-order valence-electron chi connectivity index (χ0n) is 44.1. The van der Waals surface area contributed by atoms with Gasteiger partial charge in [0.25, 0.3) is 0 Å². The predicted octanol–water partition coefficient (Wildman–Crippen LogP) is 9.08. The van der Waals surface area contributed by atoms with Gasteiger partial charge < -0.3 is 45.7 Å². The maximum Gasteiger partial charge on any atom is 0.410 e. The lowest BCUT2D eigenvalue weighted by Crippen LogP contribution is -2.50. The number of ketones is 2. The Labute approximate surface area is 431 Å². The van der Waals surface area contributed by atoms with Crippen molar-refractivity contribution in [1.82, 2.24) is 20.0 Å². The lowest BCUT2D eigenvalue weighted by molar-refractivity contribution is -0.130. The summed E-state index contributed by atoms with van der Waals surface area (Å²) in [5.74, 6) is 5.37. The first-order chi connectivity index (χ1) is 31.8. The summed E-state index contributed by atoms with van der Waals surface area (Å²) < 4.78 is 16.2. The van der Waals surface area contributed by atoms with Crippen LogP contribution < -0.4 is 16.8 Å². The molecule has 0 radical (unpaired) electrons. The van der Waals surface area contributed by atoms with E-state index in [-0.39, 0.29) is 59.7 Å². The molecule has 70 heavy (non-hydrogen) atoms. The highest BCUT2D eigenvalue weighted by atomic mass is 35.5. The van der Waals surface area contributed by atoms with Gasteiger partial charge >= 0.3 is 18.3 Å². The molecule has 4 aliphatic heterocycles. The number of halogens is 2. The molecule has 0 bridgehead atoms. The van der Waals surface area contributed by atoms with Crippen molar-refractivity contribution in [2.75, 3.05) is 52.4 Å². The lowest BCUT2D eigenvalue weighted by atomic mass is 9.72. The van der Waals surface area contributed by atoms with E-state index < -0.39 is 16.8 Å². The van der Waals surface area contributed by atoms with E-state index in [1.807, 2.05) is 73.3 Å². The third kappa shape index (κ3) is 12.6. The number of hydrogen-bond donors (Lipinski definition) is 3. The second-order valence-electron chi connectivity index (χ2n) is 26.4. The molecular formula is C54H90Cl2N6O8. The van der Waals surface area contributed by atoms with Gasteiger partial charge in [-0.05, 0) is 218 Å². The zero-order valence-corrected chi connectivity index (χ0v) is 45.7. The third-order valence-corrected chi connectivity index (χ3v) is 18.1. The molecule has 0 aromatic heterocycles. The van der Waals surface area contributed by atoms with Crippen LogP contribution in [-0.4, -0.2) is 126 Å². The van der Waals surface area contributed by atoms with Gasteiger partial charge in [-0.25, -0.2) is 14.4 Å². The van der Waals surface area contributed by atoms with Gasteiger partial charge in [0, 0.05) is 68.1 Å². The second kappa shape index (κ2) is 20.9. The summed E-state index contributed by atoms with van der Waals surface area (Å²) in [4.78, 5) is 65.4. The van der Waals surface area contributed by atoms with Gasteiger partial charge in [-0.15, -0.1) is 24.8 Å². The molecule has 4 heterocycles. The Balaban J connectivity index is 0.000000153. The van der Waals surface area contributed by atoms with Crippen LogP contribution in [0.4, 0.5) is 14.4 Å². The van der Waals surface area contributed by atoms with Gasteiger partial charge in [0.15, 0.2) is 5.78 Å². The molecule has 11 aliphatic rings. The molecule has 5 N–H and O–H groups in total. The van der Waals surface area contributed by atoms with Gasteiger partial charge in [-0.1, -0.05) is 6.08 Å². The Kier molecular flexibility index (Phi) is 16.9. The first-order valence-electron chi connectivity index (χ1n) is 26.7. The molecule has 4 saturated heterocycles. The summed E-state index contributed by atoms with van der Waals surface area (Å²) in [5.41, 5.74) is 12.0. The van der Waals surface area contributed by atoms with E-state index in [0.29, 0.717) is 66.7 Å². The minimum Gasteiger partial charge on any atom is -0.444 e. The number of rotatable bonds is 0. The number of likely N-dealkylation sites (tertiary alicyclic amines) is 3. The van der Waals surface area contributed by atoms with Crippen LogP contribution in [0.25, 0.3) is 0 Å². The molecule has 14 nitrogen and oxygen atoms in total. The molecule has 4 spiro atoms. The fourth-order valence-corrected chi connectivity index (χ4v) is 13.8. The Morgan fingerprint density at radius 2 is 0.943 bits per heavy atom. The van der Waals surface area contributed by atoms with Crippen molar-refractivity contribution >= 4 is 54.7 Å². The third-order valence-electron chi connectivity index (χ3n) is 18.1. The number of fused-ring (bicyclic) bond motifs is 3. The van der Waals surface area contributed by atoms with Crippen LogP contribution in [0.2, 0.25) is 0 Å². The van der Waals surface area contributed by atoms with Crippen LogP contribution in [0.1, 0.15) is 159 Å². The molecule has 398 valence electrons. The van der Waals surface area contributed by atoms with Crippen LogP contribution in [0, 0.1) is 57.2 Å². The van der Waals surface area contributed by atoms with E-state index in [2.05, 4.69) is 5.32 Å². The predicted molar refractivity (Wildman–Crippen MR) is 276 cm³/mol. The van der Waals surface area contributed by atoms with Crippen molar-refractivity contribution in [3.8, 4) is 0 Å². The van der Waals surface area contributed by atoms with E-state index in [9.17, 15) is 24.0 Å². The van der Waals surface area contributed by atoms with Crippen molar-refractivity contribution in [3.05, 3.63) is 12.2 Å². The maximum absolute atomic E-state index is 12.3. The van der Waals surface area contributed by atoms with E-state index in [1.165, 1.54) is 51.6 Å². The lowest BCUT2D eigenvalue weighted by Gasteiger charge is -2.43. The molecule has 11 rings (SSSR count). The number of hydrogen-bond acceptors (Lipinski definition) is 11. The summed E-state index contributed by atoms with van der Waals surface area (Å²) >= 11 is 0. The van der Waals surface area contributed by atoms with Crippen molar-refractivity contribution in [2.45, 2.75) is 188 Å². The van der Waals surface area contributed by atoms with Crippen LogP contribution >= 0.6 is 24.8 Å². The van der Waals surface area contributed by atoms with Gasteiger partial charge in [-0.3, -0.25) is 9.59 Å². The van der Waals surface area contributed by atoms with Crippen molar-refractivity contribution in [1.29, 1.82) is 0 Å². The summed E-state index contributed by atoms with van der Waals surface area (Å²) in [5, 5.41) is 3.43. The normalized spacial score (nSPS) is 32.9. The molecule has 16 heteroatoms. The summed E-state index contributed by atoms with van der Waals surface area (Å²) in [6.07, 6.45) is 19.4. The van der Waals surface area contributed by atoms with Crippen LogP contribution in [-0.2, 0) is 23.8 Å². The Hall–Kier alpha value is -2.65. The summed E-state index contributed by atoms with van der Waals surface area (Å²) in [6, 6.07) is 0.919. The summed E-state index contributed by atoms with van der Waals surface area (Å²) in [7, 11) is 0. The Morgan fingerprint density at radius 1 is 0.557 bits per heavy atom. The van der Waals surface area contributed by atoms with E-state index in [1.54, 1.807) is 15.9 Å². The molecule has 10 fully saturated rings. The van der Waals surface area contributed by atoms with Gasteiger partial charge in [0.1, 0.15) is 22.6 Å². The first kappa shape index (κ1) is 56.6. The molecule has 7 aliphatic carbocycles. The van der Waals surface area contributed by atoms with Crippen molar-refractivity contribution in [2.24, 2.45) is 68.6 Å². The Bertz CT molecular complexity index is 1930. The van der Waals surface area contributed by atoms with E-state index in [0.717, 1.165) is 94.5 Å². The minimum absolute atomic E-state index is 0. The number of allylic oxidation sites excluding steroid dienone is 2. The largest absolute Gasteiger partial charge is 0.444 e. The minimum atomic E-state index is -0.461. The SMILES string of the molecule is CC(C)(C)OC(=O)N1CCC2(CC1)CC1CC1C2=O.CC(C)(C)OC(=O)N1CCC2(CC1)CC1CC1C2N.CC(C)(C)OC(=O)N1CCC2(CC=CC2=O)CC1.Cl.Cl.NC1C2CC2CC12CCNCC2. The second-order valence-corrected chi connectivity index (χ2v) is 26.4. The highest BCUT2D eigenvalue weighted by molar-refractivity contribution is 5.97. The topological polar surface area (TPSA) is 187 Å². The number of nitrogens with two attached hydrogens (primary N) is 2. The quantitative estimate of drug-likeness (QED) is 0.197. The number of Topliss-reactive ketones (excluding diaryl/α,β-unsaturated/α-hetero) is 1. The number of piperidine rings is 4. The number of amides is 3. The van der Waals surface area contributed by atoms with Gasteiger partial charge in [-0.2, -0.15) is 0 Å². The highest BCUT2D eigenvalue weighted by Crippen LogP contribution is 2.63. The molecule has 0 aromatic rings. The number of carbonyl (C=O) groups excluding carboxylic acids is 5. The maximum atomic E-state index is 12.3. The Morgan fingerprint density at radius 3 is 1.27 bits per heavy atom. The highest BCUT2D eigenvalue weighted by Gasteiger charge is 2.62. The first-order valence-corrected chi connectivity index (χ1v) is 26.7. The molecular weight excluding hydrogens is 932 g/mol. The monoisotopic (exact) mass is 1020 g/mol. The molecule has 8 atom stereocenters. The molecule has 6 saturated carbocycles. The molecule has 3 amide bonds. The number of ether oxygens (including phenoxy) is 3. The molecule has 0 aromatic carbocycles. The van der Waals surface area contributed by atoms with Crippen LogP contribution in [0.5, 0.6) is 0 Å². The average molecular weight is 1020 g/mol. The van der Waals surface area contributed by atoms with Crippen LogP contribution in [0.15, 0.2) is 12.2 Å². The van der Waals surface area contributed by atoms with E-state index in [4.69, 9.17) is 25.7 Å². The standard InChI is InChI=1S/C15H26N2O2.C15H23NO3.C14H21NO3.C10H18N2.2ClH/c1-14(2,3)19-13(18)17-6-4-15(5-7-17)9-10-8-11(10)12(15)16;1-14(2,3)19-13(18)16-6-4-15(5-7-16)9-10-8-11(10)12(15)17;1-13(2,3)18-12(17)15-9-7-14(8-10-15)6-4-5-11(14)16;11-9-8-5-7(8)6-10(9)1-3-12-4-2-10;;/h10-12H,4-9,16H2,1-3H3;10-11H,4-9H2,1-3H3;4-5H,6-10H2,1-3H3;7-9,12H,1-6,11H2;2*1H. The number of carbonyl (C=O) groups is 5. The van der Waals surface area contributed by atoms with Crippen molar-refractivity contribution < 1.29 is 38.2 Å². The van der Waals surface area contributed by atoms with Gasteiger partial charge in [0.05, 0.1) is 0 Å². The zero-order chi connectivity index (χ0) is 49.2. The smallest absolute Gasteiger partial charge is 0.410 e. The van der Waals surface area contributed by atoms with E-state index >= 15 is 0 Å². The van der Waals surface area contributed by atoms with Crippen LogP contribution in [0.3, 0.4) is 0 Å². The van der Waals surface area contributed by atoms with Gasteiger partial charge in [0.2, 0.25) is 0 Å². The number of nitrogens with one attached hydrogen (secondary N) is 1. The molecule has 8 unspecified atom stereocenters. The van der Waals surface area contributed by atoms with Crippen molar-refractivity contribution in [3.63, 3.8) is 0 Å². The average Bonchev–Trinajstić information content (AvgIpc) is 4.22. The fraction of sp³-hybridized carbons (Fsp3) is 0.870. The summed E-state index contributed by atoms with van der Waals surface area (Å²) in [6.45, 7) is 23.5. The number of nitrogens with zero attached hydrogens (tertiary/aromatic N) is 3. The fourth-order valence-electron chi connectivity index (χ4n) is 13.8.